The fourth-order valence-corrected chi connectivity index (χ4v) is 3.52. The number of fused-ring (bicyclic) bond motifs is 1. The van der Waals surface area contributed by atoms with Crippen LogP contribution in [0.2, 0.25) is 0 Å². The van der Waals surface area contributed by atoms with Gasteiger partial charge in [-0.25, -0.2) is 0 Å². The van der Waals surface area contributed by atoms with Crippen LogP contribution < -0.4 is 4.74 Å². The van der Waals surface area contributed by atoms with Gasteiger partial charge in [0.15, 0.2) is 0 Å². The Labute approximate surface area is 149 Å². The molecule has 0 saturated carbocycles. The van der Waals surface area contributed by atoms with Crippen LogP contribution in [0.3, 0.4) is 0 Å². The van der Waals surface area contributed by atoms with Crippen molar-refractivity contribution in [3.63, 3.8) is 0 Å². The van der Waals surface area contributed by atoms with Crippen molar-refractivity contribution in [2.24, 2.45) is 0 Å². The van der Waals surface area contributed by atoms with Gasteiger partial charge in [-0.05, 0) is 35.2 Å². The van der Waals surface area contributed by atoms with E-state index in [-0.39, 0.29) is 5.91 Å². The van der Waals surface area contributed by atoms with Crippen molar-refractivity contribution in [2.75, 3.05) is 33.3 Å². The third kappa shape index (κ3) is 3.76. The Hall–Kier alpha value is -2.14. The van der Waals surface area contributed by atoms with Gasteiger partial charge in [0.05, 0.1) is 12.6 Å². The Kier molecular flexibility index (Phi) is 5.23. The van der Waals surface area contributed by atoms with Crippen LogP contribution in [0.25, 0.3) is 10.9 Å². The molecule has 134 valence electrons. The van der Waals surface area contributed by atoms with Crippen LogP contribution in [0.15, 0.2) is 24.4 Å². The second-order valence-electron chi connectivity index (χ2n) is 7.02. The molecular formula is C20H27N3O2. The van der Waals surface area contributed by atoms with E-state index in [9.17, 15) is 4.79 Å². The summed E-state index contributed by atoms with van der Waals surface area (Å²) in [5, 5.41) is 1.18. The number of aromatic nitrogens is 1. The van der Waals surface area contributed by atoms with E-state index in [1.807, 2.05) is 11.1 Å². The summed E-state index contributed by atoms with van der Waals surface area (Å²) in [6, 6.07) is 6.29. The number of rotatable bonds is 4. The summed E-state index contributed by atoms with van der Waals surface area (Å²) < 4.78 is 5.54. The predicted molar refractivity (Wildman–Crippen MR) is 99.9 cm³/mol. The van der Waals surface area contributed by atoms with Crippen LogP contribution in [0, 0.1) is 0 Å². The van der Waals surface area contributed by atoms with E-state index >= 15 is 0 Å². The van der Waals surface area contributed by atoms with Gasteiger partial charge in [0.2, 0.25) is 5.91 Å². The van der Waals surface area contributed by atoms with Crippen molar-refractivity contribution < 1.29 is 9.53 Å². The maximum absolute atomic E-state index is 11.5. The molecule has 0 N–H and O–H groups in total. The number of carbonyl (C=O) groups is 1. The van der Waals surface area contributed by atoms with E-state index in [1.54, 1.807) is 14.0 Å². The van der Waals surface area contributed by atoms with Crippen molar-refractivity contribution in [3.05, 3.63) is 35.5 Å². The van der Waals surface area contributed by atoms with Crippen molar-refractivity contribution in [1.82, 2.24) is 14.8 Å². The van der Waals surface area contributed by atoms with Gasteiger partial charge in [-0.1, -0.05) is 13.8 Å². The molecule has 25 heavy (non-hydrogen) atoms. The Morgan fingerprint density at radius 1 is 1.24 bits per heavy atom. The molecule has 1 aromatic carbocycles. The van der Waals surface area contributed by atoms with Gasteiger partial charge in [0.1, 0.15) is 5.75 Å². The molecule has 2 aromatic rings. The lowest BCUT2D eigenvalue weighted by Crippen LogP contribution is -2.47. The number of methoxy groups -OCH3 is 1. The number of pyridine rings is 1. The summed E-state index contributed by atoms with van der Waals surface area (Å²) >= 11 is 0. The van der Waals surface area contributed by atoms with Gasteiger partial charge in [0.25, 0.3) is 0 Å². The summed E-state index contributed by atoms with van der Waals surface area (Å²) in [6.07, 6.45) is 1.90. The third-order valence-electron chi connectivity index (χ3n) is 5.00. The second-order valence-corrected chi connectivity index (χ2v) is 7.02. The first kappa shape index (κ1) is 17.7. The minimum Gasteiger partial charge on any atom is -0.497 e. The fourth-order valence-electron chi connectivity index (χ4n) is 3.52. The topological polar surface area (TPSA) is 45.7 Å². The molecule has 1 saturated heterocycles. The maximum atomic E-state index is 11.5. The maximum Gasteiger partial charge on any atom is 0.219 e. The van der Waals surface area contributed by atoms with Crippen molar-refractivity contribution >= 4 is 16.8 Å². The molecule has 0 atom stereocenters. The number of amides is 1. The largest absolute Gasteiger partial charge is 0.497 e. The molecule has 0 spiro atoms. The molecule has 1 aromatic heterocycles. The zero-order valence-corrected chi connectivity index (χ0v) is 15.6. The molecule has 0 radical (unpaired) electrons. The average molecular weight is 341 g/mol. The lowest BCUT2D eigenvalue weighted by Gasteiger charge is -2.34. The number of piperazine rings is 1. The number of benzene rings is 1. The van der Waals surface area contributed by atoms with Crippen molar-refractivity contribution in [1.29, 1.82) is 0 Å². The standard InChI is InChI=1S/C20H27N3O2/c1-14(2)18-5-6-21-20-16(11-17(25-4)12-19(18)20)13-22-7-9-23(10-8-22)15(3)24/h5-6,11-12,14H,7-10,13H2,1-4H3. The van der Waals surface area contributed by atoms with Gasteiger partial charge >= 0.3 is 0 Å². The molecule has 3 rings (SSSR count). The van der Waals surface area contributed by atoms with E-state index in [0.717, 1.165) is 44.0 Å². The van der Waals surface area contributed by atoms with Crippen molar-refractivity contribution in [2.45, 2.75) is 33.2 Å². The summed E-state index contributed by atoms with van der Waals surface area (Å²) in [7, 11) is 1.71. The highest BCUT2D eigenvalue weighted by molar-refractivity contribution is 5.87. The molecule has 0 unspecified atom stereocenters. The minimum absolute atomic E-state index is 0.162. The van der Waals surface area contributed by atoms with Gasteiger partial charge in [-0.15, -0.1) is 0 Å². The number of nitrogens with zero attached hydrogens (tertiary/aromatic N) is 3. The van der Waals surface area contributed by atoms with Gasteiger partial charge in [-0.3, -0.25) is 14.7 Å². The van der Waals surface area contributed by atoms with Crippen molar-refractivity contribution in [3.8, 4) is 5.75 Å². The Bertz CT molecular complexity index is 765. The first-order valence-electron chi connectivity index (χ1n) is 8.93. The zero-order chi connectivity index (χ0) is 18.0. The number of hydrogen-bond acceptors (Lipinski definition) is 4. The molecular weight excluding hydrogens is 314 g/mol. The molecule has 0 bridgehead atoms. The summed E-state index contributed by atoms with van der Waals surface area (Å²) in [5.74, 6) is 1.47. The van der Waals surface area contributed by atoms with Crippen LogP contribution in [-0.4, -0.2) is 54.0 Å². The zero-order valence-electron chi connectivity index (χ0n) is 15.6. The highest BCUT2D eigenvalue weighted by atomic mass is 16.5. The highest BCUT2D eigenvalue weighted by Gasteiger charge is 2.20. The van der Waals surface area contributed by atoms with Crippen LogP contribution in [0.1, 0.15) is 37.8 Å². The monoisotopic (exact) mass is 341 g/mol. The summed E-state index contributed by atoms with van der Waals surface area (Å²) in [6.45, 7) is 10.2. The van der Waals surface area contributed by atoms with Crippen LogP contribution in [-0.2, 0) is 11.3 Å². The lowest BCUT2D eigenvalue weighted by atomic mass is 9.96. The van der Waals surface area contributed by atoms with E-state index < -0.39 is 0 Å². The van der Waals surface area contributed by atoms with Gasteiger partial charge < -0.3 is 9.64 Å². The van der Waals surface area contributed by atoms with Gasteiger partial charge in [0, 0.05) is 51.2 Å². The Balaban J connectivity index is 1.91. The predicted octanol–water partition coefficient (Wildman–Crippen LogP) is 3.03. The van der Waals surface area contributed by atoms with Crippen LogP contribution in [0.5, 0.6) is 5.75 Å². The molecule has 1 aliphatic heterocycles. The second kappa shape index (κ2) is 7.40. The molecule has 1 aliphatic rings. The minimum atomic E-state index is 0.162. The van der Waals surface area contributed by atoms with Gasteiger partial charge in [-0.2, -0.15) is 0 Å². The van der Waals surface area contributed by atoms with Crippen LogP contribution in [0.4, 0.5) is 0 Å². The molecule has 0 aliphatic carbocycles. The van der Waals surface area contributed by atoms with E-state index in [1.165, 1.54) is 16.5 Å². The first-order chi connectivity index (χ1) is 12.0. The quantitative estimate of drug-likeness (QED) is 0.857. The molecule has 1 fully saturated rings. The summed E-state index contributed by atoms with van der Waals surface area (Å²) in [4.78, 5) is 20.5. The molecule has 2 heterocycles. The molecule has 1 amide bonds. The molecule has 5 heteroatoms. The number of hydrogen-bond donors (Lipinski definition) is 0. The normalized spacial score (nSPS) is 15.8. The first-order valence-corrected chi connectivity index (χ1v) is 8.93. The van der Waals surface area contributed by atoms with E-state index in [0.29, 0.717) is 5.92 Å². The Morgan fingerprint density at radius 2 is 1.96 bits per heavy atom. The third-order valence-corrected chi connectivity index (χ3v) is 5.00. The lowest BCUT2D eigenvalue weighted by molar-refractivity contribution is -0.130. The number of carbonyl (C=O) groups excluding carboxylic acids is 1. The number of ether oxygens (including phenoxy) is 1. The summed E-state index contributed by atoms with van der Waals surface area (Å²) in [5.41, 5.74) is 3.54. The molecule has 5 nitrogen and oxygen atoms in total. The smallest absolute Gasteiger partial charge is 0.219 e. The SMILES string of the molecule is COc1cc(CN2CCN(C(C)=O)CC2)c2nccc(C(C)C)c2c1. The fraction of sp³-hybridized carbons (Fsp3) is 0.500. The van der Waals surface area contributed by atoms with E-state index in [2.05, 4.69) is 41.9 Å². The average Bonchev–Trinajstić information content (AvgIpc) is 2.61. The van der Waals surface area contributed by atoms with E-state index in [4.69, 9.17) is 4.74 Å². The highest BCUT2D eigenvalue weighted by Crippen LogP contribution is 2.31. The van der Waals surface area contributed by atoms with Crippen LogP contribution >= 0.6 is 0 Å². The Morgan fingerprint density at radius 3 is 2.56 bits per heavy atom.